The highest BCUT2D eigenvalue weighted by atomic mass is 16.5. The standard InChI is InChI=1S/C15H21N3O3/c1-10-12(9-17-18-10)8-16-7-11-5-14(20-3)15(21-4)6-13(11)19-2/h5-6,9,16H,7-8H2,1-4H3,(H,17,18). The second-order valence-electron chi connectivity index (χ2n) is 4.64. The van der Waals surface area contributed by atoms with Gasteiger partial charge in [-0.15, -0.1) is 0 Å². The van der Waals surface area contributed by atoms with Gasteiger partial charge < -0.3 is 19.5 Å². The summed E-state index contributed by atoms with van der Waals surface area (Å²) >= 11 is 0. The van der Waals surface area contributed by atoms with E-state index in [9.17, 15) is 0 Å². The van der Waals surface area contributed by atoms with E-state index >= 15 is 0 Å². The summed E-state index contributed by atoms with van der Waals surface area (Å²) in [5.41, 5.74) is 3.23. The summed E-state index contributed by atoms with van der Waals surface area (Å²) in [6, 6.07) is 3.76. The highest BCUT2D eigenvalue weighted by molar-refractivity contribution is 5.50. The first-order valence-electron chi connectivity index (χ1n) is 6.68. The zero-order valence-corrected chi connectivity index (χ0v) is 12.8. The smallest absolute Gasteiger partial charge is 0.164 e. The zero-order valence-electron chi connectivity index (χ0n) is 12.8. The van der Waals surface area contributed by atoms with Crippen molar-refractivity contribution in [1.29, 1.82) is 0 Å². The molecule has 0 unspecified atom stereocenters. The minimum Gasteiger partial charge on any atom is -0.496 e. The monoisotopic (exact) mass is 291 g/mol. The number of benzene rings is 1. The third-order valence-corrected chi connectivity index (χ3v) is 3.35. The van der Waals surface area contributed by atoms with Crippen molar-refractivity contribution >= 4 is 0 Å². The van der Waals surface area contributed by atoms with Gasteiger partial charge in [-0.05, 0) is 13.0 Å². The van der Waals surface area contributed by atoms with E-state index in [-0.39, 0.29) is 0 Å². The molecule has 0 saturated heterocycles. The number of hydrogen-bond acceptors (Lipinski definition) is 5. The first-order chi connectivity index (χ1) is 10.2. The molecule has 0 bridgehead atoms. The van der Waals surface area contributed by atoms with Gasteiger partial charge in [0.2, 0.25) is 0 Å². The van der Waals surface area contributed by atoms with Gasteiger partial charge in [0, 0.05) is 36.0 Å². The van der Waals surface area contributed by atoms with Crippen molar-refractivity contribution in [2.45, 2.75) is 20.0 Å². The van der Waals surface area contributed by atoms with Crippen molar-refractivity contribution in [3.8, 4) is 17.2 Å². The van der Waals surface area contributed by atoms with Crippen molar-refractivity contribution < 1.29 is 14.2 Å². The summed E-state index contributed by atoms with van der Waals surface area (Å²) in [4.78, 5) is 0. The summed E-state index contributed by atoms with van der Waals surface area (Å²) in [5, 5.41) is 10.3. The van der Waals surface area contributed by atoms with Gasteiger partial charge in [-0.2, -0.15) is 5.10 Å². The van der Waals surface area contributed by atoms with Crippen molar-refractivity contribution in [3.05, 3.63) is 35.2 Å². The lowest BCUT2D eigenvalue weighted by molar-refractivity contribution is 0.347. The maximum Gasteiger partial charge on any atom is 0.164 e. The minimum absolute atomic E-state index is 0.656. The second kappa shape index (κ2) is 6.99. The number of ether oxygens (including phenoxy) is 3. The van der Waals surface area contributed by atoms with Gasteiger partial charge >= 0.3 is 0 Å². The maximum absolute atomic E-state index is 5.40. The van der Waals surface area contributed by atoms with Crippen LogP contribution in [0.5, 0.6) is 17.2 Å². The third kappa shape index (κ3) is 3.46. The number of hydrogen-bond donors (Lipinski definition) is 2. The molecule has 6 heteroatoms. The van der Waals surface area contributed by atoms with Gasteiger partial charge in [0.25, 0.3) is 0 Å². The first-order valence-corrected chi connectivity index (χ1v) is 6.68. The second-order valence-corrected chi connectivity index (χ2v) is 4.64. The van der Waals surface area contributed by atoms with Crippen LogP contribution in [-0.4, -0.2) is 31.5 Å². The molecule has 0 saturated carbocycles. The highest BCUT2D eigenvalue weighted by Gasteiger charge is 2.11. The molecule has 0 spiro atoms. The fourth-order valence-electron chi connectivity index (χ4n) is 2.12. The van der Waals surface area contributed by atoms with Crippen LogP contribution in [0.4, 0.5) is 0 Å². The Balaban J connectivity index is 2.09. The number of aromatic nitrogens is 2. The molecule has 0 aliphatic rings. The molecule has 21 heavy (non-hydrogen) atoms. The minimum atomic E-state index is 0.656. The van der Waals surface area contributed by atoms with Gasteiger partial charge in [0.1, 0.15) is 5.75 Å². The van der Waals surface area contributed by atoms with Crippen LogP contribution in [0.1, 0.15) is 16.8 Å². The lowest BCUT2D eigenvalue weighted by Gasteiger charge is -2.14. The Morgan fingerprint density at radius 1 is 0.952 bits per heavy atom. The Hall–Kier alpha value is -2.21. The number of H-pyrrole nitrogens is 1. The molecular weight excluding hydrogens is 270 g/mol. The number of rotatable bonds is 7. The summed E-state index contributed by atoms with van der Waals surface area (Å²) in [7, 11) is 4.87. The molecule has 1 heterocycles. The van der Waals surface area contributed by atoms with Crippen LogP contribution in [0.15, 0.2) is 18.3 Å². The Labute approximate surface area is 124 Å². The van der Waals surface area contributed by atoms with E-state index in [4.69, 9.17) is 14.2 Å². The molecule has 2 rings (SSSR count). The molecule has 0 fully saturated rings. The molecule has 0 radical (unpaired) electrons. The van der Waals surface area contributed by atoms with Crippen molar-refractivity contribution in [1.82, 2.24) is 15.5 Å². The maximum atomic E-state index is 5.40. The van der Waals surface area contributed by atoms with Crippen LogP contribution in [0.3, 0.4) is 0 Å². The predicted octanol–water partition coefficient (Wildman–Crippen LogP) is 2.03. The van der Waals surface area contributed by atoms with Crippen LogP contribution in [0, 0.1) is 6.92 Å². The van der Waals surface area contributed by atoms with Crippen LogP contribution >= 0.6 is 0 Å². The van der Waals surface area contributed by atoms with E-state index < -0.39 is 0 Å². The molecule has 1 aromatic carbocycles. The number of nitrogens with zero attached hydrogens (tertiary/aromatic N) is 1. The van der Waals surface area contributed by atoms with Gasteiger partial charge in [0.05, 0.1) is 27.5 Å². The molecular formula is C15H21N3O3. The van der Waals surface area contributed by atoms with Crippen LogP contribution in [0.2, 0.25) is 0 Å². The summed E-state index contributed by atoms with van der Waals surface area (Å²) in [5.74, 6) is 2.11. The number of aryl methyl sites for hydroxylation is 1. The van der Waals surface area contributed by atoms with Crippen molar-refractivity contribution in [2.75, 3.05) is 21.3 Å². The number of nitrogens with one attached hydrogen (secondary N) is 2. The molecule has 1 aromatic heterocycles. The Kier molecular flexibility index (Phi) is 5.05. The fourth-order valence-corrected chi connectivity index (χ4v) is 2.12. The van der Waals surface area contributed by atoms with E-state index in [1.807, 2.05) is 25.3 Å². The molecule has 114 valence electrons. The van der Waals surface area contributed by atoms with Gasteiger partial charge in [-0.3, -0.25) is 5.10 Å². The quantitative estimate of drug-likeness (QED) is 0.817. The molecule has 0 amide bonds. The summed E-state index contributed by atoms with van der Waals surface area (Å²) < 4.78 is 16.0. The molecule has 2 N–H and O–H groups in total. The van der Waals surface area contributed by atoms with Gasteiger partial charge in [0.15, 0.2) is 11.5 Å². The van der Waals surface area contributed by atoms with E-state index in [1.54, 1.807) is 21.3 Å². The fraction of sp³-hybridized carbons (Fsp3) is 0.400. The topological polar surface area (TPSA) is 68.4 Å². The molecule has 0 aliphatic heterocycles. The average Bonchev–Trinajstić information content (AvgIpc) is 2.92. The lowest BCUT2D eigenvalue weighted by Crippen LogP contribution is -2.14. The van der Waals surface area contributed by atoms with Crippen molar-refractivity contribution in [2.24, 2.45) is 0 Å². The lowest BCUT2D eigenvalue weighted by atomic mass is 10.1. The predicted molar refractivity (Wildman–Crippen MR) is 80.0 cm³/mol. The van der Waals surface area contributed by atoms with Gasteiger partial charge in [-0.1, -0.05) is 0 Å². The Morgan fingerprint density at radius 3 is 2.14 bits per heavy atom. The number of methoxy groups -OCH3 is 3. The molecule has 0 atom stereocenters. The number of aromatic amines is 1. The molecule has 0 aliphatic carbocycles. The highest BCUT2D eigenvalue weighted by Crippen LogP contribution is 2.34. The largest absolute Gasteiger partial charge is 0.496 e. The van der Waals surface area contributed by atoms with Gasteiger partial charge in [-0.25, -0.2) is 0 Å². The van der Waals surface area contributed by atoms with E-state index in [1.165, 1.54) is 0 Å². The average molecular weight is 291 g/mol. The summed E-state index contributed by atoms with van der Waals surface area (Å²) in [6.07, 6.45) is 1.83. The van der Waals surface area contributed by atoms with E-state index in [0.29, 0.717) is 18.0 Å². The third-order valence-electron chi connectivity index (χ3n) is 3.35. The van der Waals surface area contributed by atoms with E-state index in [0.717, 1.165) is 29.1 Å². The molecule has 2 aromatic rings. The van der Waals surface area contributed by atoms with Crippen LogP contribution in [-0.2, 0) is 13.1 Å². The Bertz CT molecular complexity index is 596. The van der Waals surface area contributed by atoms with Crippen LogP contribution < -0.4 is 19.5 Å². The van der Waals surface area contributed by atoms with Crippen LogP contribution in [0.25, 0.3) is 0 Å². The normalized spacial score (nSPS) is 10.5. The SMILES string of the molecule is COc1cc(OC)c(OC)cc1CNCc1cn[nH]c1C. The van der Waals surface area contributed by atoms with Crippen molar-refractivity contribution in [3.63, 3.8) is 0 Å². The zero-order chi connectivity index (χ0) is 15.2. The first kappa shape index (κ1) is 15.2. The molecule has 6 nitrogen and oxygen atoms in total. The van der Waals surface area contributed by atoms with E-state index in [2.05, 4.69) is 15.5 Å². The summed E-state index contributed by atoms with van der Waals surface area (Å²) in [6.45, 7) is 3.40. The Morgan fingerprint density at radius 2 is 1.57 bits per heavy atom.